The first-order valence-electron chi connectivity index (χ1n) is 10.1. The van der Waals surface area contributed by atoms with Crippen LogP contribution in [0.5, 0.6) is 0 Å². The largest absolute Gasteiger partial charge is 0.323 e. The molecule has 0 aliphatic rings. The highest BCUT2D eigenvalue weighted by Crippen LogP contribution is 2.23. The summed E-state index contributed by atoms with van der Waals surface area (Å²) in [4.78, 5) is 4.94. The lowest BCUT2D eigenvalue weighted by Crippen LogP contribution is -2.06. The summed E-state index contributed by atoms with van der Waals surface area (Å²) in [7, 11) is 0. The highest BCUT2D eigenvalue weighted by Gasteiger charge is 2.12. The smallest absolute Gasteiger partial charge is 0.114 e. The van der Waals surface area contributed by atoms with Gasteiger partial charge in [-0.2, -0.15) is 0 Å². The molecule has 30 heavy (non-hydrogen) atoms. The van der Waals surface area contributed by atoms with Gasteiger partial charge in [-0.15, -0.1) is 0 Å². The Morgan fingerprint density at radius 3 is 2.03 bits per heavy atom. The fourth-order valence-electron chi connectivity index (χ4n) is 3.84. The summed E-state index contributed by atoms with van der Waals surface area (Å²) in [5.41, 5.74) is 7.12. The molecule has 3 heteroatoms. The van der Waals surface area contributed by atoms with E-state index in [1.54, 1.807) is 0 Å². The van der Waals surface area contributed by atoms with Crippen LogP contribution in [0.15, 0.2) is 103 Å². The molecule has 5 rings (SSSR count). The molecule has 1 aromatic heterocycles. The second-order valence-corrected chi connectivity index (χ2v) is 7.91. The maximum Gasteiger partial charge on any atom is 0.114 e. The molecular weight excluding hydrogens is 388 g/mol. The van der Waals surface area contributed by atoms with Crippen molar-refractivity contribution in [3.8, 4) is 11.1 Å². The number of fused-ring (bicyclic) bond motifs is 1. The zero-order valence-electron chi connectivity index (χ0n) is 16.5. The van der Waals surface area contributed by atoms with Crippen molar-refractivity contribution in [3.05, 3.63) is 125 Å². The SMILES string of the molecule is Clc1ccc(Cn2c(Cc3ccc(-c4ccccc4)cc3)nc3ccccc32)cc1. The molecule has 1 heterocycles. The predicted molar refractivity (Wildman–Crippen MR) is 125 cm³/mol. The summed E-state index contributed by atoms with van der Waals surface area (Å²) in [6.07, 6.45) is 0.789. The number of hydrogen-bond donors (Lipinski definition) is 0. The van der Waals surface area contributed by atoms with Crippen molar-refractivity contribution in [1.82, 2.24) is 9.55 Å². The zero-order chi connectivity index (χ0) is 20.3. The molecule has 2 nitrogen and oxygen atoms in total. The summed E-state index contributed by atoms with van der Waals surface area (Å²) in [6, 6.07) is 35.6. The highest BCUT2D eigenvalue weighted by molar-refractivity contribution is 6.30. The normalized spacial score (nSPS) is 11.1. The van der Waals surface area contributed by atoms with Crippen molar-refractivity contribution in [2.45, 2.75) is 13.0 Å². The fraction of sp³-hybridized carbons (Fsp3) is 0.0741. The molecule has 4 aromatic carbocycles. The molecule has 0 aliphatic carbocycles. The van der Waals surface area contributed by atoms with Gasteiger partial charge in [0.2, 0.25) is 0 Å². The molecular formula is C27H21ClN2. The Balaban J connectivity index is 1.47. The summed E-state index contributed by atoms with van der Waals surface area (Å²) in [6.45, 7) is 0.773. The lowest BCUT2D eigenvalue weighted by Gasteiger charge is -2.10. The van der Waals surface area contributed by atoms with Gasteiger partial charge >= 0.3 is 0 Å². The van der Waals surface area contributed by atoms with E-state index in [-0.39, 0.29) is 0 Å². The van der Waals surface area contributed by atoms with Gasteiger partial charge in [0.05, 0.1) is 11.0 Å². The quantitative estimate of drug-likeness (QED) is 0.306. The Labute approximate surface area is 181 Å². The first-order chi connectivity index (χ1) is 14.8. The molecule has 0 aliphatic heterocycles. The highest BCUT2D eigenvalue weighted by atomic mass is 35.5. The summed E-state index contributed by atoms with van der Waals surface area (Å²) >= 11 is 6.07. The van der Waals surface area contributed by atoms with Crippen LogP contribution >= 0.6 is 11.6 Å². The third-order valence-corrected chi connectivity index (χ3v) is 5.66. The van der Waals surface area contributed by atoms with Crippen molar-refractivity contribution < 1.29 is 0 Å². The lowest BCUT2D eigenvalue weighted by atomic mass is 10.0. The number of nitrogens with zero attached hydrogens (tertiary/aromatic N) is 2. The Kier molecular flexibility index (Phi) is 5.08. The van der Waals surface area contributed by atoms with E-state index in [0.717, 1.165) is 34.8 Å². The van der Waals surface area contributed by atoms with Gasteiger partial charge in [0.25, 0.3) is 0 Å². The second kappa shape index (κ2) is 8.17. The average Bonchev–Trinajstić information content (AvgIpc) is 3.13. The van der Waals surface area contributed by atoms with Crippen molar-refractivity contribution >= 4 is 22.6 Å². The number of hydrogen-bond acceptors (Lipinski definition) is 1. The number of imidazole rings is 1. The van der Waals surface area contributed by atoms with Gasteiger partial charge in [0.15, 0.2) is 0 Å². The minimum atomic E-state index is 0.757. The minimum Gasteiger partial charge on any atom is -0.323 e. The van der Waals surface area contributed by atoms with Gasteiger partial charge in [-0.25, -0.2) is 4.98 Å². The molecule has 0 radical (unpaired) electrons. The van der Waals surface area contributed by atoms with Gasteiger partial charge in [-0.05, 0) is 46.5 Å². The van der Waals surface area contributed by atoms with Crippen LogP contribution in [-0.2, 0) is 13.0 Å². The Bertz CT molecular complexity index is 1270. The third kappa shape index (κ3) is 3.87. The van der Waals surface area contributed by atoms with Crippen LogP contribution in [0.4, 0.5) is 0 Å². The van der Waals surface area contributed by atoms with Crippen molar-refractivity contribution in [2.24, 2.45) is 0 Å². The first kappa shape index (κ1) is 18.7. The van der Waals surface area contributed by atoms with Crippen LogP contribution in [-0.4, -0.2) is 9.55 Å². The fourth-order valence-corrected chi connectivity index (χ4v) is 3.96. The van der Waals surface area contributed by atoms with Gasteiger partial charge in [-0.1, -0.05) is 90.5 Å². The summed E-state index contributed by atoms with van der Waals surface area (Å²) in [5.74, 6) is 1.07. The van der Waals surface area contributed by atoms with E-state index in [1.165, 1.54) is 22.3 Å². The number of halogens is 1. The van der Waals surface area contributed by atoms with Crippen molar-refractivity contribution in [2.75, 3.05) is 0 Å². The van der Waals surface area contributed by atoms with E-state index in [0.29, 0.717) is 0 Å². The number of benzene rings is 4. The van der Waals surface area contributed by atoms with Crippen molar-refractivity contribution in [3.63, 3.8) is 0 Å². The van der Waals surface area contributed by atoms with Gasteiger partial charge < -0.3 is 4.57 Å². The molecule has 0 unspecified atom stereocenters. The first-order valence-corrected chi connectivity index (χ1v) is 10.5. The maximum atomic E-state index is 6.07. The molecule has 5 aromatic rings. The number of aromatic nitrogens is 2. The van der Waals surface area contributed by atoms with E-state index in [2.05, 4.69) is 83.4 Å². The van der Waals surface area contributed by atoms with E-state index in [4.69, 9.17) is 16.6 Å². The van der Waals surface area contributed by atoms with Crippen LogP contribution in [0.25, 0.3) is 22.2 Å². The summed E-state index contributed by atoms with van der Waals surface area (Å²) in [5, 5.41) is 0.757. The molecule has 146 valence electrons. The van der Waals surface area contributed by atoms with E-state index in [9.17, 15) is 0 Å². The maximum absolute atomic E-state index is 6.07. The van der Waals surface area contributed by atoms with Crippen LogP contribution in [0.1, 0.15) is 17.0 Å². The molecule has 0 saturated heterocycles. The average molecular weight is 409 g/mol. The monoisotopic (exact) mass is 408 g/mol. The Hall–Kier alpha value is -3.36. The Morgan fingerprint density at radius 1 is 0.633 bits per heavy atom. The third-order valence-electron chi connectivity index (χ3n) is 5.41. The van der Waals surface area contributed by atoms with E-state index in [1.807, 2.05) is 24.3 Å². The Morgan fingerprint density at radius 2 is 1.27 bits per heavy atom. The van der Waals surface area contributed by atoms with Gasteiger partial charge in [-0.3, -0.25) is 0 Å². The van der Waals surface area contributed by atoms with Gasteiger partial charge in [0, 0.05) is 18.0 Å². The van der Waals surface area contributed by atoms with Crippen molar-refractivity contribution in [1.29, 1.82) is 0 Å². The summed E-state index contributed by atoms with van der Waals surface area (Å²) < 4.78 is 2.31. The lowest BCUT2D eigenvalue weighted by molar-refractivity contribution is 0.762. The molecule has 0 fully saturated rings. The topological polar surface area (TPSA) is 17.8 Å². The van der Waals surface area contributed by atoms with Crippen LogP contribution in [0, 0.1) is 0 Å². The van der Waals surface area contributed by atoms with Crippen LogP contribution < -0.4 is 0 Å². The molecule has 0 saturated carbocycles. The predicted octanol–water partition coefficient (Wildman–Crippen LogP) is 7.00. The number of para-hydroxylation sites is 2. The number of rotatable bonds is 5. The molecule has 0 N–H and O–H groups in total. The zero-order valence-corrected chi connectivity index (χ0v) is 17.3. The molecule has 0 atom stereocenters. The van der Waals surface area contributed by atoms with E-state index < -0.39 is 0 Å². The standard InChI is InChI=1S/C27H21ClN2/c28-24-16-12-21(13-17-24)19-30-26-9-5-4-8-25(26)29-27(30)18-20-10-14-23(15-11-20)22-6-2-1-3-7-22/h1-17H,18-19H2. The molecule has 0 amide bonds. The molecule has 0 bridgehead atoms. The van der Waals surface area contributed by atoms with Crippen LogP contribution in [0.2, 0.25) is 5.02 Å². The second-order valence-electron chi connectivity index (χ2n) is 7.47. The van der Waals surface area contributed by atoms with Crippen LogP contribution in [0.3, 0.4) is 0 Å². The van der Waals surface area contributed by atoms with E-state index >= 15 is 0 Å². The molecule has 0 spiro atoms. The minimum absolute atomic E-state index is 0.757. The van der Waals surface area contributed by atoms with Gasteiger partial charge in [0.1, 0.15) is 5.82 Å².